The molecule has 1 heterocycles. The van der Waals surface area contributed by atoms with Gasteiger partial charge in [0.05, 0.1) is 6.54 Å². The third kappa shape index (κ3) is 4.47. The van der Waals surface area contributed by atoms with Crippen molar-refractivity contribution in [2.24, 2.45) is 5.92 Å². The smallest absolute Gasteiger partial charge is 0.318 e. The molecule has 1 aliphatic carbocycles. The van der Waals surface area contributed by atoms with Gasteiger partial charge in [-0.05, 0) is 25.3 Å². The maximum atomic E-state index is 5.76. The molecule has 0 aromatic carbocycles. The van der Waals surface area contributed by atoms with Gasteiger partial charge in [-0.2, -0.15) is 0 Å². The molecule has 1 aromatic rings. The first kappa shape index (κ1) is 15.3. The minimum atomic E-state index is 0.550. The van der Waals surface area contributed by atoms with Crippen LogP contribution in [-0.4, -0.2) is 29.8 Å². The Morgan fingerprint density at radius 1 is 1.20 bits per heavy atom. The van der Waals surface area contributed by atoms with Crippen molar-refractivity contribution in [1.29, 1.82) is 0 Å². The van der Waals surface area contributed by atoms with Crippen molar-refractivity contribution in [3.63, 3.8) is 0 Å². The Labute approximate surface area is 122 Å². The second kappa shape index (κ2) is 7.62. The SMILES string of the molecule is CC(C)CNCc1nnc(N(C)C2CCCCCC2)o1. The van der Waals surface area contributed by atoms with Gasteiger partial charge in [0.2, 0.25) is 5.89 Å². The summed E-state index contributed by atoms with van der Waals surface area (Å²) >= 11 is 0. The fraction of sp³-hybridized carbons (Fsp3) is 0.867. The van der Waals surface area contributed by atoms with Crippen LogP contribution in [0, 0.1) is 5.92 Å². The Morgan fingerprint density at radius 3 is 2.55 bits per heavy atom. The minimum Gasteiger partial charge on any atom is -0.407 e. The molecule has 0 unspecified atom stereocenters. The van der Waals surface area contributed by atoms with Gasteiger partial charge in [0, 0.05) is 13.1 Å². The number of hydrogen-bond donors (Lipinski definition) is 1. The number of nitrogens with one attached hydrogen (secondary N) is 1. The lowest BCUT2D eigenvalue weighted by Gasteiger charge is -2.24. The van der Waals surface area contributed by atoms with E-state index in [1.54, 1.807) is 0 Å². The topological polar surface area (TPSA) is 54.2 Å². The summed E-state index contributed by atoms with van der Waals surface area (Å²) in [7, 11) is 2.08. The highest BCUT2D eigenvalue weighted by Gasteiger charge is 2.21. The van der Waals surface area contributed by atoms with Gasteiger partial charge in [-0.25, -0.2) is 0 Å². The van der Waals surface area contributed by atoms with Crippen molar-refractivity contribution in [1.82, 2.24) is 15.5 Å². The molecule has 20 heavy (non-hydrogen) atoms. The lowest BCUT2D eigenvalue weighted by Crippen LogP contribution is -2.31. The van der Waals surface area contributed by atoms with Crippen LogP contribution in [0.3, 0.4) is 0 Å². The Hall–Kier alpha value is -1.10. The Morgan fingerprint density at radius 2 is 1.90 bits per heavy atom. The quantitative estimate of drug-likeness (QED) is 0.812. The summed E-state index contributed by atoms with van der Waals surface area (Å²) in [5, 5.41) is 11.6. The van der Waals surface area contributed by atoms with E-state index in [0.717, 1.165) is 6.54 Å². The first-order valence-electron chi connectivity index (χ1n) is 7.92. The van der Waals surface area contributed by atoms with Crippen LogP contribution in [0.2, 0.25) is 0 Å². The van der Waals surface area contributed by atoms with Gasteiger partial charge in [0.1, 0.15) is 0 Å². The van der Waals surface area contributed by atoms with Crippen LogP contribution in [0.5, 0.6) is 0 Å². The number of hydrogen-bond acceptors (Lipinski definition) is 5. The van der Waals surface area contributed by atoms with Crippen LogP contribution in [0.4, 0.5) is 6.01 Å². The third-order valence-electron chi connectivity index (χ3n) is 3.96. The molecule has 5 heteroatoms. The van der Waals surface area contributed by atoms with E-state index in [1.165, 1.54) is 38.5 Å². The molecule has 2 rings (SSSR count). The molecule has 114 valence electrons. The molecule has 1 N–H and O–H groups in total. The summed E-state index contributed by atoms with van der Waals surface area (Å²) in [4.78, 5) is 2.17. The van der Waals surface area contributed by atoms with Gasteiger partial charge < -0.3 is 14.6 Å². The van der Waals surface area contributed by atoms with Crippen LogP contribution in [-0.2, 0) is 6.54 Å². The Balaban J connectivity index is 1.86. The molecule has 0 radical (unpaired) electrons. The van der Waals surface area contributed by atoms with Crippen LogP contribution in [0.15, 0.2) is 4.42 Å². The van der Waals surface area contributed by atoms with Gasteiger partial charge in [-0.15, -0.1) is 5.10 Å². The van der Waals surface area contributed by atoms with Gasteiger partial charge in [0.25, 0.3) is 0 Å². The maximum Gasteiger partial charge on any atom is 0.318 e. The van der Waals surface area contributed by atoms with Crippen molar-refractivity contribution < 1.29 is 4.42 Å². The van der Waals surface area contributed by atoms with E-state index >= 15 is 0 Å². The third-order valence-corrected chi connectivity index (χ3v) is 3.96. The van der Waals surface area contributed by atoms with E-state index in [0.29, 0.717) is 30.4 Å². The van der Waals surface area contributed by atoms with Gasteiger partial charge in [0.15, 0.2) is 0 Å². The van der Waals surface area contributed by atoms with Gasteiger partial charge in [-0.3, -0.25) is 0 Å². The molecule has 0 amide bonds. The second-order valence-electron chi connectivity index (χ2n) is 6.26. The molecule has 0 aliphatic heterocycles. The summed E-state index contributed by atoms with van der Waals surface area (Å²) in [6.07, 6.45) is 7.81. The van der Waals surface area contributed by atoms with E-state index < -0.39 is 0 Å². The summed E-state index contributed by atoms with van der Waals surface area (Å²) in [5.74, 6) is 1.31. The fourth-order valence-electron chi connectivity index (χ4n) is 2.73. The molecule has 1 saturated carbocycles. The number of rotatable bonds is 6. The lowest BCUT2D eigenvalue weighted by molar-refractivity contribution is 0.433. The minimum absolute atomic E-state index is 0.550. The maximum absolute atomic E-state index is 5.76. The zero-order valence-corrected chi connectivity index (χ0v) is 13.1. The molecule has 0 saturated heterocycles. The van der Waals surface area contributed by atoms with Crippen LogP contribution in [0.25, 0.3) is 0 Å². The molecule has 0 spiro atoms. The second-order valence-corrected chi connectivity index (χ2v) is 6.26. The predicted molar refractivity (Wildman–Crippen MR) is 80.7 cm³/mol. The zero-order chi connectivity index (χ0) is 14.4. The molecule has 0 atom stereocenters. The molecule has 1 aliphatic rings. The highest BCUT2D eigenvalue weighted by atomic mass is 16.4. The van der Waals surface area contributed by atoms with Gasteiger partial charge >= 0.3 is 6.01 Å². The van der Waals surface area contributed by atoms with Crippen LogP contribution < -0.4 is 10.2 Å². The van der Waals surface area contributed by atoms with E-state index in [4.69, 9.17) is 4.42 Å². The van der Waals surface area contributed by atoms with Crippen molar-refractivity contribution in [3.05, 3.63) is 5.89 Å². The largest absolute Gasteiger partial charge is 0.407 e. The number of nitrogens with zero attached hydrogens (tertiary/aromatic N) is 3. The summed E-state index contributed by atoms with van der Waals surface area (Å²) in [6.45, 7) is 6.00. The van der Waals surface area contributed by atoms with E-state index in [9.17, 15) is 0 Å². The number of aromatic nitrogens is 2. The van der Waals surface area contributed by atoms with Crippen molar-refractivity contribution in [3.8, 4) is 0 Å². The Bertz CT molecular complexity index is 383. The van der Waals surface area contributed by atoms with E-state index in [-0.39, 0.29) is 0 Å². The van der Waals surface area contributed by atoms with Crippen LogP contribution >= 0.6 is 0 Å². The fourth-order valence-corrected chi connectivity index (χ4v) is 2.73. The van der Waals surface area contributed by atoms with Crippen molar-refractivity contribution >= 4 is 6.01 Å². The molecular weight excluding hydrogens is 252 g/mol. The summed E-state index contributed by atoms with van der Waals surface area (Å²) in [6, 6.07) is 1.22. The van der Waals surface area contributed by atoms with Crippen LogP contribution in [0.1, 0.15) is 58.3 Å². The highest BCUT2D eigenvalue weighted by Crippen LogP contribution is 2.24. The molecule has 5 nitrogen and oxygen atoms in total. The first-order chi connectivity index (χ1) is 9.66. The number of anilines is 1. The average molecular weight is 280 g/mol. The normalized spacial score (nSPS) is 17.4. The molecular formula is C15H28N4O. The predicted octanol–water partition coefficient (Wildman–Crippen LogP) is 2.97. The summed E-state index contributed by atoms with van der Waals surface area (Å²) in [5.41, 5.74) is 0. The molecule has 1 fully saturated rings. The first-order valence-corrected chi connectivity index (χ1v) is 7.92. The molecule has 0 bridgehead atoms. The standard InChI is InChI=1S/C15H28N4O/c1-12(2)10-16-11-14-17-18-15(20-14)19(3)13-8-6-4-5-7-9-13/h12-13,16H,4-11H2,1-3H3. The van der Waals surface area contributed by atoms with Crippen molar-refractivity contribution in [2.45, 2.75) is 65.0 Å². The van der Waals surface area contributed by atoms with E-state index in [1.807, 2.05) is 0 Å². The average Bonchev–Trinajstić information content (AvgIpc) is 2.72. The monoisotopic (exact) mass is 280 g/mol. The lowest BCUT2D eigenvalue weighted by atomic mass is 10.1. The Kier molecular flexibility index (Phi) is 5.83. The van der Waals surface area contributed by atoms with Crippen molar-refractivity contribution in [2.75, 3.05) is 18.5 Å². The summed E-state index contributed by atoms with van der Waals surface area (Å²) < 4.78 is 5.76. The van der Waals surface area contributed by atoms with E-state index in [2.05, 4.69) is 41.3 Å². The molecule has 1 aromatic heterocycles. The van der Waals surface area contributed by atoms with Gasteiger partial charge in [-0.1, -0.05) is 44.6 Å². The zero-order valence-electron chi connectivity index (χ0n) is 13.1. The highest BCUT2D eigenvalue weighted by molar-refractivity contribution is 5.24.